The highest BCUT2D eigenvalue weighted by molar-refractivity contribution is 5.72. The maximum absolute atomic E-state index is 12.9. The molecule has 3 heterocycles. The fourth-order valence-corrected chi connectivity index (χ4v) is 3.06. The van der Waals surface area contributed by atoms with Crippen LogP contribution in [0.15, 0.2) is 47.2 Å². The van der Waals surface area contributed by atoms with Gasteiger partial charge in [-0.15, -0.1) is 0 Å². The SMILES string of the molecule is CCCc1nc(-c2ccc(C)c(-c3cnc4cc(C(F)F)ccn34)c2)no1. The third-order valence-corrected chi connectivity index (χ3v) is 4.49. The molecule has 0 aliphatic carbocycles. The third-order valence-electron chi connectivity index (χ3n) is 4.49. The van der Waals surface area contributed by atoms with Crippen molar-refractivity contribution in [1.82, 2.24) is 19.5 Å². The first-order valence-electron chi connectivity index (χ1n) is 8.76. The van der Waals surface area contributed by atoms with Crippen LogP contribution in [0, 0.1) is 6.92 Å². The van der Waals surface area contributed by atoms with Gasteiger partial charge in [-0.25, -0.2) is 13.8 Å². The number of hydrogen-bond acceptors (Lipinski definition) is 4. The first kappa shape index (κ1) is 17.3. The third kappa shape index (κ3) is 3.20. The Balaban J connectivity index is 1.78. The highest BCUT2D eigenvalue weighted by atomic mass is 19.3. The van der Waals surface area contributed by atoms with E-state index in [1.165, 1.54) is 12.1 Å². The van der Waals surface area contributed by atoms with Gasteiger partial charge in [0.05, 0.1) is 11.9 Å². The molecule has 0 aliphatic heterocycles. The molecule has 7 heteroatoms. The summed E-state index contributed by atoms with van der Waals surface area (Å²) in [6, 6.07) is 8.72. The van der Waals surface area contributed by atoms with Crippen LogP contribution in [0.25, 0.3) is 28.3 Å². The molecule has 4 rings (SSSR count). The van der Waals surface area contributed by atoms with E-state index < -0.39 is 6.43 Å². The van der Waals surface area contributed by atoms with Crippen LogP contribution in [0.1, 0.15) is 36.8 Å². The summed E-state index contributed by atoms with van der Waals surface area (Å²) in [5, 5.41) is 4.06. The van der Waals surface area contributed by atoms with Gasteiger partial charge in [-0.2, -0.15) is 4.98 Å². The summed E-state index contributed by atoms with van der Waals surface area (Å²) in [6.45, 7) is 4.04. The summed E-state index contributed by atoms with van der Waals surface area (Å²) in [5.74, 6) is 1.15. The van der Waals surface area contributed by atoms with Crippen LogP contribution in [0.3, 0.4) is 0 Å². The Bertz CT molecular complexity index is 1100. The second kappa shape index (κ2) is 6.90. The van der Waals surface area contributed by atoms with E-state index in [0.717, 1.165) is 35.2 Å². The summed E-state index contributed by atoms with van der Waals surface area (Å²) in [5.41, 5.74) is 4.07. The van der Waals surface area contributed by atoms with Crippen LogP contribution in [0.4, 0.5) is 8.78 Å². The van der Waals surface area contributed by atoms with Crippen LogP contribution in [-0.2, 0) is 6.42 Å². The van der Waals surface area contributed by atoms with Crippen LogP contribution in [0.5, 0.6) is 0 Å². The van der Waals surface area contributed by atoms with Crippen LogP contribution >= 0.6 is 0 Å². The summed E-state index contributed by atoms with van der Waals surface area (Å²) in [7, 11) is 0. The number of imidazole rings is 1. The lowest BCUT2D eigenvalue weighted by Crippen LogP contribution is -1.94. The van der Waals surface area contributed by atoms with Gasteiger partial charge in [0.1, 0.15) is 5.65 Å². The summed E-state index contributed by atoms with van der Waals surface area (Å²) < 4.78 is 32.9. The molecule has 0 N–H and O–H groups in total. The minimum absolute atomic E-state index is 0.0413. The number of fused-ring (bicyclic) bond motifs is 1. The van der Waals surface area contributed by atoms with Crippen LogP contribution < -0.4 is 0 Å². The van der Waals surface area contributed by atoms with Gasteiger partial charge >= 0.3 is 0 Å². The number of nitrogens with zero attached hydrogens (tertiary/aromatic N) is 4. The summed E-state index contributed by atoms with van der Waals surface area (Å²) >= 11 is 0. The summed E-state index contributed by atoms with van der Waals surface area (Å²) in [6.07, 6.45) is 2.47. The number of aromatic nitrogens is 4. The quantitative estimate of drug-likeness (QED) is 0.483. The van der Waals surface area contributed by atoms with E-state index in [1.807, 2.05) is 25.1 Å². The largest absolute Gasteiger partial charge is 0.339 e. The van der Waals surface area contributed by atoms with Gasteiger partial charge in [0.2, 0.25) is 11.7 Å². The number of hydrogen-bond donors (Lipinski definition) is 0. The van der Waals surface area contributed by atoms with Crippen molar-refractivity contribution in [2.24, 2.45) is 0 Å². The monoisotopic (exact) mass is 368 g/mol. The number of alkyl halides is 2. The van der Waals surface area contributed by atoms with Gasteiger partial charge < -0.3 is 4.52 Å². The Morgan fingerprint density at radius 2 is 2.04 bits per heavy atom. The molecular weight excluding hydrogens is 350 g/mol. The van der Waals surface area contributed by atoms with Crippen molar-refractivity contribution >= 4 is 5.65 Å². The van der Waals surface area contributed by atoms with Gasteiger partial charge in [-0.3, -0.25) is 4.40 Å². The van der Waals surface area contributed by atoms with Crippen molar-refractivity contribution in [1.29, 1.82) is 0 Å². The second-order valence-electron chi connectivity index (χ2n) is 6.42. The first-order valence-corrected chi connectivity index (χ1v) is 8.76. The molecule has 1 aromatic carbocycles. The average molecular weight is 368 g/mol. The van der Waals surface area contributed by atoms with Crippen molar-refractivity contribution in [3.05, 3.63) is 59.7 Å². The van der Waals surface area contributed by atoms with Crippen molar-refractivity contribution in [2.45, 2.75) is 33.1 Å². The Kier molecular flexibility index (Phi) is 4.43. The van der Waals surface area contributed by atoms with Gasteiger partial charge in [-0.1, -0.05) is 24.2 Å². The molecule has 0 saturated heterocycles. The number of benzene rings is 1. The maximum atomic E-state index is 12.9. The van der Waals surface area contributed by atoms with Gasteiger partial charge in [-0.05, 0) is 37.1 Å². The first-order chi connectivity index (χ1) is 13.1. The smallest absolute Gasteiger partial charge is 0.264 e. The molecule has 3 aromatic heterocycles. The van der Waals surface area contributed by atoms with Crippen LogP contribution in [-0.4, -0.2) is 19.5 Å². The highest BCUT2D eigenvalue weighted by Gasteiger charge is 2.15. The van der Waals surface area contributed by atoms with E-state index in [2.05, 4.69) is 22.0 Å². The van der Waals surface area contributed by atoms with Crippen molar-refractivity contribution < 1.29 is 13.3 Å². The number of pyridine rings is 1. The number of rotatable bonds is 5. The molecule has 0 fully saturated rings. The molecule has 138 valence electrons. The van der Waals surface area contributed by atoms with Gasteiger partial charge in [0.25, 0.3) is 6.43 Å². The maximum Gasteiger partial charge on any atom is 0.264 e. The highest BCUT2D eigenvalue weighted by Crippen LogP contribution is 2.30. The Morgan fingerprint density at radius 3 is 2.81 bits per heavy atom. The lowest BCUT2D eigenvalue weighted by molar-refractivity contribution is 0.151. The van der Waals surface area contributed by atoms with E-state index in [-0.39, 0.29) is 5.56 Å². The zero-order chi connectivity index (χ0) is 19.0. The van der Waals surface area contributed by atoms with E-state index >= 15 is 0 Å². The van der Waals surface area contributed by atoms with E-state index in [0.29, 0.717) is 17.4 Å². The molecule has 0 radical (unpaired) electrons. The topological polar surface area (TPSA) is 56.2 Å². The fraction of sp³-hybridized carbons (Fsp3) is 0.250. The van der Waals surface area contributed by atoms with E-state index in [1.54, 1.807) is 16.8 Å². The normalized spacial score (nSPS) is 11.6. The second-order valence-corrected chi connectivity index (χ2v) is 6.42. The predicted octanol–water partition coefficient (Wildman–Crippen LogP) is 5.25. The molecule has 0 aliphatic rings. The Morgan fingerprint density at radius 1 is 1.19 bits per heavy atom. The lowest BCUT2D eigenvalue weighted by Gasteiger charge is -2.08. The minimum Gasteiger partial charge on any atom is -0.339 e. The Labute approximate surface area is 154 Å². The molecule has 0 bridgehead atoms. The number of aryl methyl sites for hydroxylation is 2. The predicted molar refractivity (Wildman–Crippen MR) is 97.6 cm³/mol. The van der Waals surface area contributed by atoms with Gasteiger partial charge in [0.15, 0.2) is 0 Å². The lowest BCUT2D eigenvalue weighted by atomic mass is 10.0. The molecule has 0 amide bonds. The molecular formula is C20H18F2N4O. The minimum atomic E-state index is -2.52. The molecule has 4 aromatic rings. The molecule has 0 saturated carbocycles. The zero-order valence-corrected chi connectivity index (χ0v) is 15.0. The standard InChI is InChI=1S/C20H18F2N4O/c1-3-4-18-24-20(25-27-18)14-6-5-12(2)15(9-14)16-11-23-17-10-13(19(21)22)7-8-26(16)17/h5-11,19H,3-4H2,1-2H3. The number of halogens is 2. The van der Waals surface area contributed by atoms with Crippen molar-refractivity contribution in [3.8, 4) is 22.6 Å². The molecule has 27 heavy (non-hydrogen) atoms. The summed E-state index contributed by atoms with van der Waals surface area (Å²) in [4.78, 5) is 8.72. The van der Waals surface area contributed by atoms with Crippen molar-refractivity contribution in [3.63, 3.8) is 0 Å². The molecule has 0 spiro atoms. The van der Waals surface area contributed by atoms with Gasteiger partial charge in [0, 0.05) is 29.3 Å². The average Bonchev–Trinajstić information content (AvgIpc) is 3.29. The molecule has 0 unspecified atom stereocenters. The van der Waals surface area contributed by atoms with Crippen LogP contribution in [0.2, 0.25) is 0 Å². The fourth-order valence-electron chi connectivity index (χ4n) is 3.06. The molecule has 0 atom stereocenters. The van der Waals surface area contributed by atoms with E-state index in [9.17, 15) is 8.78 Å². The molecule has 5 nitrogen and oxygen atoms in total. The zero-order valence-electron chi connectivity index (χ0n) is 15.0. The van der Waals surface area contributed by atoms with E-state index in [4.69, 9.17) is 4.52 Å². The Hall–Kier alpha value is -3.09. The van der Waals surface area contributed by atoms with Crippen molar-refractivity contribution in [2.75, 3.05) is 0 Å².